The number of benzene rings is 7. The summed E-state index contributed by atoms with van der Waals surface area (Å²) in [6, 6.07) is 70.8. The highest BCUT2D eigenvalue weighted by atomic mass is 79.9. The van der Waals surface area contributed by atoms with E-state index >= 15 is 0 Å². The SMILES string of the molecule is CC(C)(C)c1cc(Br)c(O[Si](c2ccccc2)(c2ccccc2)c2ccccc2)c([Si](c2ccccc2)(c2ccccc2)c2ccccc2)c1. The summed E-state index contributed by atoms with van der Waals surface area (Å²) in [5.41, 5.74) is 1.16. The Bertz CT molecular complexity index is 1960. The van der Waals surface area contributed by atoms with Gasteiger partial charge in [0.15, 0.2) is 8.07 Å². The van der Waals surface area contributed by atoms with E-state index < -0.39 is 16.4 Å². The molecule has 0 spiro atoms. The van der Waals surface area contributed by atoms with Gasteiger partial charge in [0, 0.05) is 0 Å². The molecule has 0 unspecified atom stereocenters. The summed E-state index contributed by atoms with van der Waals surface area (Å²) in [5.74, 6) is 0.907. The van der Waals surface area contributed by atoms with Gasteiger partial charge in [-0.25, -0.2) is 0 Å². The van der Waals surface area contributed by atoms with Gasteiger partial charge in [-0.3, -0.25) is 0 Å². The van der Waals surface area contributed by atoms with Crippen molar-refractivity contribution in [3.05, 3.63) is 204 Å². The average molecular weight is 746 g/mol. The van der Waals surface area contributed by atoms with Gasteiger partial charge >= 0.3 is 8.32 Å². The van der Waals surface area contributed by atoms with Gasteiger partial charge in [-0.05, 0) is 69.3 Å². The van der Waals surface area contributed by atoms with Crippen LogP contribution in [0.5, 0.6) is 5.75 Å². The van der Waals surface area contributed by atoms with E-state index in [1.807, 2.05) is 0 Å². The molecule has 7 aromatic carbocycles. The van der Waals surface area contributed by atoms with Gasteiger partial charge in [0.2, 0.25) is 0 Å². The van der Waals surface area contributed by atoms with E-state index in [0.29, 0.717) is 0 Å². The molecule has 0 atom stereocenters. The smallest absolute Gasteiger partial charge is 0.346 e. The number of rotatable bonds is 9. The molecule has 0 bridgehead atoms. The molecule has 0 aliphatic heterocycles. The standard InChI is InChI=1S/C46H41BrOSi2/c1-46(2,3)36-34-43(47)45(48-50(40-28-16-7-17-29-40,41-30-18-8-19-31-41)42-32-20-9-21-33-42)44(35-36)49(37-22-10-4-11-23-37,38-24-12-5-13-25-38)39-26-14-6-15-27-39/h4-35H,1-3H3. The van der Waals surface area contributed by atoms with E-state index in [0.717, 1.165) is 10.2 Å². The van der Waals surface area contributed by atoms with Crippen molar-refractivity contribution in [2.75, 3.05) is 0 Å². The van der Waals surface area contributed by atoms with E-state index in [-0.39, 0.29) is 5.41 Å². The first-order chi connectivity index (χ1) is 24.3. The molecular weight excluding hydrogens is 705 g/mol. The van der Waals surface area contributed by atoms with Crippen LogP contribution in [0.4, 0.5) is 0 Å². The molecule has 0 radical (unpaired) electrons. The molecule has 50 heavy (non-hydrogen) atoms. The quantitative estimate of drug-likeness (QED) is 0.113. The zero-order chi connectivity index (χ0) is 34.6. The zero-order valence-corrected chi connectivity index (χ0v) is 32.3. The van der Waals surface area contributed by atoms with Gasteiger partial charge in [0.05, 0.1) is 4.47 Å². The molecule has 7 aromatic rings. The van der Waals surface area contributed by atoms with E-state index in [1.165, 1.54) is 41.9 Å². The minimum atomic E-state index is -3.18. The minimum absolute atomic E-state index is 0.104. The second kappa shape index (κ2) is 14.2. The Morgan fingerprint density at radius 1 is 0.420 bits per heavy atom. The predicted octanol–water partition coefficient (Wildman–Crippen LogP) is 7.17. The molecule has 4 heteroatoms. The average Bonchev–Trinajstić information content (AvgIpc) is 3.17. The molecule has 0 aliphatic rings. The second-order valence-electron chi connectivity index (χ2n) is 13.8. The van der Waals surface area contributed by atoms with Crippen molar-refractivity contribution < 1.29 is 4.43 Å². The molecule has 0 aromatic heterocycles. The van der Waals surface area contributed by atoms with E-state index in [2.05, 4.69) is 231 Å². The largest absolute Gasteiger partial charge is 0.530 e. The van der Waals surface area contributed by atoms with E-state index in [4.69, 9.17) is 4.43 Å². The van der Waals surface area contributed by atoms with Crippen molar-refractivity contribution in [2.45, 2.75) is 26.2 Å². The Kier molecular flexibility index (Phi) is 9.61. The van der Waals surface area contributed by atoms with E-state index in [1.54, 1.807) is 0 Å². The van der Waals surface area contributed by atoms with Crippen molar-refractivity contribution in [1.29, 1.82) is 0 Å². The Balaban J connectivity index is 1.66. The van der Waals surface area contributed by atoms with Crippen LogP contribution in [0.1, 0.15) is 26.3 Å². The van der Waals surface area contributed by atoms with Gasteiger partial charge in [-0.1, -0.05) is 209 Å². The summed E-state index contributed by atoms with van der Waals surface area (Å²) in [5, 5.41) is 8.76. The molecule has 1 nitrogen and oxygen atoms in total. The summed E-state index contributed by atoms with van der Waals surface area (Å²) in [4.78, 5) is 0. The Morgan fingerprint density at radius 3 is 1.02 bits per heavy atom. The lowest BCUT2D eigenvalue weighted by Crippen LogP contribution is -2.76. The first-order valence-electron chi connectivity index (χ1n) is 17.2. The Labute approximate surface area is 307 Å². The summed E-state index contributed by atoms with van der Waals surface area (Å²) in [7, 11) is -6.20. The summed E-state index contributed by atoms with van der Waals surface area (Å²) in [6.07, 6.45) is 0. The van der Waals surface area contributed by atoms with Crippen molar-refractivity contribution >= 4 is 68.6 Å². The summed E-state index contributed by atoms with van der Waals surface area (Å²) < 4.78 is 9.06. The molecular formula is C46H41BrOSi2. The van der Waals surface area contributed by atoms with Gasteiger partial charge in [0.1, 0.15) is 5.75 Å². The molecule has 0 heterocycles. The van der Waals surface area contributed by atoms with Crippen LogP contribution in [-0.4, -0.2) is 16.4 Å². The lowest BCUT2D eigenvalue weighted by molar-refractivity contribution is 0.569. The Hall–Kier alpha value is -4.75. The maximum absolute atomic E-state index is 8.09. The Morgan fingerprint density at radius 2 is 0.720 bits per heavy atom. The molecule has 0 aliphatic carbocycles. The van der Waals surface area contributed by atoms with Crippen molar-refractivity contribution in [3.8, 4) is 5.75 Å². The topological polar surface area (TPSA) is 9.23 Å². The van der Waals surface area contributed by atoms with Crippen LogP contribution in [-0.2, 0) is 5.41 Å². The van der Waals surface area contributed by atoms with Crippen LogP contribution >= 0.6 is 15.9 Å². The highest BCUT2D eigenvalue weighted by molar-refractivity contribution is 9.10. The van der Waals surface area contributed by atoms with Crippen molar-refractivity contribution in [3.63, 3.8) is 0 Å². The van der Waals surface area contributed by atoms with Crippen LogP contribution < -0.4 is 40.7 Å². The van der Waals surface area contributed by atoms with E-state index in [9.17, 15) is 0 Å². The van der Waals surface area contributed by atoms with Crippen LogP contribution in [0.3, 0.4) is 0 Å². The lowest BCUT2D eigenvalue weighted by Gasteiger charge is -2.40. The number of hydrogen-bond acceptors (Lipinski definition) is 1. The lowest BCUT2D eigenvalue weighted by atomic mass is 9.87. The summed E-state index contributed by atoms with van der Waals surface area (Å²) >= 11 is 4.19. The van der Waals surface area contributed by atoms with Gasteiger partial charge < -0.3 is 4.43 Å². The normalized spacial score (nSPS) is 12.0. The summed E-state index contributed by atoms with van der Waals surface area (Å²) in [6.45, 7) is 6.90. The third-order valence-electron chi connectivity index (χ3n) is 9.73. The first-order valence-corrected chi connectivity index (χ1v) is 21.9. The molecule has 0 saturated heterocycles. The highest BCUT2D eigenvalue weighted by Crippen LogP contribution is 2.34. The second-order valence-corrected chi connectivity index (χ2v) is 21.7. The van der Waals surface area contributed by atoms with Crippen molar-refractivity contribution in [2.24, 2.45) is 0 Å². The van der Waals surface area contributed by atoms with Crippen LogP contribution in [0.2, 0.25) is 0 Å². The molecule has 0 fully saturated rings. The van der Waals surface area contributed by atoms with Gasteiger partial charge in [-0.2, -0.15) is 0 Å². The molecule has 0 saturated carbocycles. The maximum Gasteiger partial charge on any atom is 0.346 e. The molecule has 7 rings (SSSR count). The fraction of sp³-hybridized carbons (Fsp3) is 0.0870. The minimum Gasteiger partial charge on any atom is -0.530 e. The third-order valence-corrected chi connectivity index (χ3v) is 19.0. The molecule has 0 amide bonds. The van der Waals surface area contributed by atoms with Gasteiger partial charge in [-0.15, -0.1) is 0 Å². The van der Waals surface area contributed by atoms with Crippen molar-refractivity contribution in [1.82, 2.24) is 0 Å². The van der Waals surface area contributed by atoms with Crippen LogP contribution in [0.15, 0.2) is 199 Å². The van der Waals surface area contributed by atoms with Crippen LogP contribution in [0.25, 0.3) is 0 Å². The fourth-order valence-electron chi connectivity index (χ4n) is 7.29. The third kappa shape index (κ3) is 6.13. The van der Waals surface area contributed by atoms with Gasteiger partial charge in [0.25, 0.3) is 0 Å². The maximum atomic E-state index is 8.09. The number of hydrogen-bond donors (Lipinski definition) is 0. The highest BCUT2D eigenvalue weighted by Gasteiger charge is 2.49. The first kappa shape index (κ1) is 33.7. The monoisotopic (exact) mass is 744 g/mol. The molecule has 246 valence electrons. The zero-order valence-electron chi connectivity index (χ0n) is 28.8. The fourth-order valence-corrected chi connectivity index (χ4v) is 17.0. The predicted molar refractivity (Wildman–Crippen MR) is 221 cm³/mol. The number of halogens is 1. The van der Waals surface area contributed by atoms with Crippen LogP contribution in [0, 0.1) is 0 Å². The molecule has 0 N–H and O–H groups in total.